The first-order chi connectivity index (χ1) is 6.89. The van der Waals surface area contributed by atoms with Gasteiger partial charge in [-0.2, -0.15) is 4.40 Å². The molecule has 1 aromatic rings. The SMILES string of the molecule is CC(C)(C)[S@](=O)N=Cc1ccnc(Cl)c1. The first-order valence-electron chi connectivity index (χ1n) is 4.47. The van der Waals surface area contributed by atoms with Crippen LogP contribution in [0.2, 0.25) is 5.15 Å². The van der Waals surface area contributed by atoms with Gasteiger partial charge in [-0.1, -0.05) is 11.6 Å². The van der Waals surface area contributed by atoms with Crippen LogP contribution in [-0.2, 0) is 11.0 Å². The Morgan fingerprint density at radius 1 is 1.53 bits per heavy atom. The summed E-state index contributed by atoms with van der Waals surface area (Å²) in [4.78, 5) is 3.84. The second kappa shape index (κ2) is 4.86. The van der Waals surface area contributed by atoms with Crippen LogP contribution in [0, 0.1) is 0 Å². The van der Waals surface area contributed by atoms with Gasteiger partial charge in [0.25, 0.3) is 0 Å². The molecule has 0 aromatic carbocycles. The molecule has 5 heteroatoms. The Kier molecular flexibility index (Phi) is 3.99. The zero-order chi connectivity index (χ0) is 11.5. The van der Waals surface area contributed by atoms with Crippen LogP contribution in [0.1, 0.15) is 26.3 Å². The molecule has 1 rings (SSSR count). The molecule has 0 spiro atoms. The monoisotopic (exact) mass is 244 g/mol. The highest BCUT2D eigenvalue weighted by Crippen LogP contribution is 2.12. The van der Waals surface area contributed by atoms with Crippen LogP contribution >= 0.6 is 11.6 Å². The smallest absolute Gasteiger partial charge is 0.144 e. The van der Waals surface area contributed by atoms with E-state index < -0.39 is 11.0 Å². The highest BCUT2D eigenvalue weighted by Gasteiger charge is 2.17. The summed E-state index contributed by atoms with van der Waals surface area (Å²) in [6, 6.07) is 3.43. The summed E-state index contributed by atoms with van der Waals surface area (Å²) in [7, 11) is -1.24. The second-order valence-corrected chi connectivity index (χ2v) is 6.33. The number of pyridine rings is 1. The van der Waals surface area contributed by atoms with Gasteiger partial charge in [0.05, 0.1) is 4.75 Å². The quantitative estimate of drug-likeness (QED) is 0.593. The summed E-state index contributed by atoms with van der Waals surface area (Å²) in [5.74, 6) is 0. The fourth-order valence-corrected chi connectivity index (χ4v) is 1.48. The molecular formula is C10H13ClN2OS. The van der Waals surface area contributed by atoms with Crippen LogP contribution < -0.4 is 0 Å². The van der Waals surface area contributed by atoms with Gasteiger partial charge in [-0.15, -0.1) is 0 Å². The molecule has 0 N–H and O–H groups in total. The predicted octanol–water partition coefficient (Wildman–Crippen LogP) is 2.62. The molecule has 0 radical (unpaired) electrons. The average molecular weight is 245 g/mol. The van der Waals surface area contributed by atoms with E-state index >= 15 is 0 Å². The summed E-state index contributed by atoms with van der Waals surface area (Å²) in [5.41, 5.74) is 0.799. The van der Waals surface area contributed by atoms with E-state index in [1.807, 2.05) is 20.8 Å². The van der Waals surface area contributed by atoms with Crippen molar-refractivity contribution in [2.45, 2.75) is 25.5 Å². The van der Waals surface area contributed by atoms with Gasteiger partial charge < -0.3 is 0 Å². The van der Waals surface area contributed by atoms with Gasteiger partial charge in [-0.3, -0.25) is 0 Å². The first kappa shape index (κ1) is 12.3. The van der Waals surface area contributed by atoms with Crippen molar-refractivity contribution in [2.75, 3.05) is 0 Å². The molecule has 1 atom stereocenters. The summed E-state index contributed by atoms with van der Waals surface area (Å²) < 4.78 is 15.2. The summed E-state index contributed by atoms with van der Waals surface area (Å²) in [6.45, 7) is 5.62. The number of nitrogens with zero attached hydrogens (tertiary/aromatic N) is 2. The minimum atomic E-state index is -1.24. The maximum atomic E-state index is 11.6. The zero-order valence-electron chi connectivity index (χ0n) is 8.90. The van der Waals surface area contributed by atoms with Gasteiger partial charge in [0.2, 0.25) is 0 Å². The van der Waals surface area contributed by atoms with Crippen molar-refractivity contribution in [3.8, 4) is 0 Å². The van der Waals surface area contributed by atoms with E-state index in [2.05, 4.69) is 9.38 Å². The minimum absolute atomic E-state index is 0.340. The largest absolute Gasteiger partial charge is 0.245 e. The third kappa shape index (κ3) is 4.10. The van der Waals surface area contributed by atoms with Crippen LogP contribution in [0.15, 0.2) is 22.7 Å². The van der Waals surface area contributed by atoms with Crippen molar-refractivity contribution in [2.24, 2.45) is 4.40 Å². The highest BCUT2D eigenvalue weighted by molar-refractivity contribution is 7.85. The Morgan fingerprint density at radius 2 is 2.20 bits per heavy atom. The molecule has 3 nitrogen and oxygen atoms in total. The van der Waals surface area contributed by atoms with Crippen molar-refractivity contribution >= 4 is 28.8 Å². The molecule has 15 heavy (non-hydrogen) atoms. The molecule has 0 bridgehead atoms. The lowest BCUT2D eigenvalue weighted by Gasteiger charge is -2.12. The number of hydrogen-bond donors (Lipinski definition) is 0. The Hall–Kier alpha value is -0.740. The summed E-state index contributed by atoms with van der Waals surface area (Å²) >= 11 is 5.70. The Morgan fingerprint density at radius 3 is 2.73 bits per heavy atom. The predicted molar refractivity (Wildman–Crippen MR) is 64.7 cm³/mol. The highest BCUT2D eigenvalue weighted by atomic mass is 35.5. The average Bonchev–Trinajstić information content (AvgIpc) is 2.12. The van der Waals surface area contributed by atoms with Gasteiger partial charge >= 0.3 is 0 Å². The molecule has 0 unspecified atom stereocenters. The fourth-order valence-electron chi connectivity index (χ4n) is 0.765. The number of rotatable bonds is 2. The Balaban J connectivity index is 2.79. The first-order valence-corrected chi connectivity index (χ1v) is 5.96. The lowest BCUT2D eigenvalue weighted by molar-refractivity contribution is 0.651. The van der Waals surface area contributed by atoms with E-state index in [9.17, 15) is 4.21 Å². The molecular weight excluding hydrogens is 232 g/mol. The standard InChI is InChI=1S/C10H13ClN2OS/c1-10(2,3)15(14)13-7-8-4-5-12-9(11)6-8/h4-7H,1-3H3/t15-/m0/s1. The molecule has 0 fully saturated rings. The lowest BCUT2D eigenvalue weighted by Crippen LogP contribution is -2.19. The van der Waals surface area contributed by atoms with E-state index in [0.29, 0.717) is 5.15 Å². The van der Waals surface area contributed by atoms with Crippen molar-refractivity contribution in [3.63, 3.8) is 0 Å². The van der Waals surface area contributed by atoms with E-state index in [1.54, 1.807) is 24.5 Å². The summed E-state index contributed by atoms with van der Waals surface area (Å²) in [6.07, 6.45) is 3.14. The topological polar surface area (TPSA) is 42.3 Å². The van der Waals surface area contributed by atoms with Crippen LogP contribution in [0.3, 0.4) is 0 Å². The number of aromatic nitrogens is 1. The number of hydrogen-bond acceptors (Lipinski definition) is 2. The third-order valence-electron chi connectivity index (χ3n) is 1.57. The van der Waals surface area contributed by atoms with Crippen molar-refractivity contribution < 1.29 is 4.21 Å². The van der Waals surface area contributed by atoms with Crippen LogP contribution in [0.25, 0.3) is 0 Å². The number of halogens is 1. The van der Waals surface area contributed by atoms with Crippen LogP contribution in [0.4, 0.5) is 0 Å². The van der Waals surface area contributed by atoms with Gasteiger partial charge in [-0.25, -0.2) is 9.19 Å². The molecule has 0 saturated carbocycles. The maximum Gasteiger partial charge on any atom is 0.144 e. The lowest BCUT2D eigenvalue weighted by atomic mass is 10.3. The third-order valence-corrected chi connectivity index (χ3v) is 3.12. The maximum absolute atomic E-state index is 11.6. The van der Waals surface area contributed by atoms with Crippen molar-refractivity contribution in [1.29, 1.82) is 0 Å². The zero-order valence-corrected chi connectivity index (χ0v) is 10.5. The van der Waals surface area contributed by atoms with E-state index in [4.69, 9.17) is 11.6 Å². The molecule has 0 aliphatic rings. The van der Waals surface area contributed by atoms with Gasteiger partial charge in [0.1, 0.15) is 16.1 Å². The van der Waals surface area contributed by atoms with Crippen molar-refractivity contribution in [1.82, 2.24) is 4.98 Å². The molecule has 0 saturated heterocycles. The molecule has 0 amide bonds. The van der Waals surface area contributed by atoms with Gasteiger partial charge in [0.15, 0.2) is 0 Å². The minimum Gasteiger partial charge on any atom is -0.245 e. The van der Waals surface area contributed by atoms with E-state index in [1.165, 1.54) is 0 Å². The van der Waals surface area contributed by atoms with E-state index in [-0.39, 0.29) is 4.75 Å². The molecule has 0 aliphatic heterocycles. The fraction of sp³-hybridized carbons (Fsp3) is 0.400. The molecule has 82 valence electrons. The Labute approximate surface area is 97.2 Å². The summed E-state index contributed by atoms with van der Waals surface area (Å²) in [5, 5.41) is 0.403. The van der Waals surface area contributed by atoms with Gasteiger partial charge in [-0.05, 0) is 38.5 Å². The van der Waals surface area contributed by atoms with Gasteiger partial charge in [0, 0.05) is 12.4 Å². The second-order valence-electron chi connectivity index (χ2n) is 4.01. The molecule has 1 heterocycles. The van der Waals surface area contributed by atoms with Crippen LogP contribution in [-0.4, -0.2) is 20.2 Å². The Bertz CT molecular complexity index is 399. The van der Waals surface area contributed by atoms with Crippen LogP contribution in [0.5, 0.6) is 0 Å². The molecule has 0 aliphatic carbocycles. The normalized spacial score (nSPS) is 14.4. The van der Waals surface area contributed by atoms with E-state index in [0.717, 1.165) is 5.56 Å². The molecule has 1 aromatic heterocycles. The van der Waals surface area contributed by atoms with Crippen molar-refractivity contribution in [3.05, 3.63) is 29.0 Å².